The van der Waals surface area contributed by atoms with Crippen molar-refractivity contribution in [2.45, 2.75) is 69.6 Å². The number of carboxylic acid groups (broad SMARTS) is 2. The van der Waals surface area contributed by atoms with E-state index in [1.807, 2.05) is 0 Å². The second-order valence-corrected chi connectivity index (χ2v) is 7.64. The zero-order valence-corrected chi connectivity index (χ0v) is 19.2. The summed E-state index contributed by atoms with van der Waals surface area (Å²) in [7, 11) is 0. The van der Waals surface area contributed by atoms with Crippen LogP contribution in [0.3, 0.4) is 0 Å². The van der Waals surface area contributed by atoms with Crippen molar-refractivity contribution >= 4 is 35.6 Å². The normalized spacial score (nSPS) is 14.1. The zero-order chi connectivity index (χ0) is 26.3. The molecule has 15 nitrogen and oxygen atoms in total. The average Bonchev–Trinajstić information content (AvgIpc) is 2.73. The smallest absolute Gasteiger partial charge is 0.326 e. The molecule has 0 saturated carbocycles. The monoisotopic (exact) mass is 488 g/mol. The third-order valence-electron chi connectivity index (χ3n) is 4.57. The van der Waals surface area contributed by atoms with E-state index in [1.165, 1.54) is 6.92 Å². The second-order valence-electron chi connectivity index (χ2n) is 7.64. The number of nitrogens with two attached hydrogens (primary N) is 4. The van der Waals surface area contributed by atoms with Gasteiger partial charge in [-0.3, -0.25) is 24.2 Å². The van der Waals surface area contributed by atoms with E-state index >= 15 is 0 Å². The van der Waals surface area contributed by atoms with Crippen LogP contribution in [0.15, 0.2) is 4.99 Å². The lowest BCUT2D eigenvalue weighted by molar-refractivity contribution is -0.143. The summed E-state index contributed by atoms with van der Waals surface area (Å²) in [5, 5.41) is 25.4. The first kappa shape index (κ1) is 30.5. The predicted octanol–water partition coefficient (Wildman–Crippen LogP) is -3.47. The molecule has 0 aliphatic heterocycles. The summed E-state index contributed by atoms with van der Waals surface area (Å²) < 4.78 is 0. The fourth-order valence-corrected chi connectivity index (χ4v) is 2.75. The summed E-state index contributed by atoms with van der Waals surface area (Å²) in [6, 6.07) is -4.98. The minimum atomic E-state index is -1.51. The van der Waals surface area contributed by atoms with Crippen LogP contribution < -0.4 is 38.9 Å². The summed E-state index contributed by atoms with van der Waals surface area (Å²) in [4.78, 5) is 63.9. The quantitative estimate of drug-likeness (QED) is 0.0550. The van der Waals surface area contributed by atoms with Gasteiger partial charge in [0.15, 0.2) is 5.96 Å². The molecule has 0 aliphatic carbocycles. The van der Waals surface area contributed by atoms with Crippen molar-refractivity contribution in [1.29, 1.82) is 0 Å². The highest BCUT2D eigenvalue weighted by Gasteiger charge is 2.30. The standard InChI is InChI=1S/C19H36N8O7/c1-10(21)15(30)27-13(9-14(28)29)17(32)25-11(6-4-8-24-19(22)23)16(31)26-12(18(33)34)5-2-3-7-20/h10-13H,2-9,20-21H2,1H3,(H,25,32)(H,26,31)(H,27,30)(H,28,29)(H,33,34)(H4,22,23,24). The Kier molecular flexibility index (Phi) is 14.6. The lowest BCUT2D eigenvalue weighted by atomic mass is 10.1. The molecule has 0 aromatic rings. The van der Waals surface area contributed by atoms with Gasteiger partial charge in [-0.2, -0.15) is 0 Å². The number of hydrogen-bond donors (Lipinski definition) is 9. The lowest BCUT2D eigenvalue weighted by Gasteiger charge is -2.24. The topological polar surface area (TPSA) is 278 Å². The number of unbranched alkanes of at least 4 members (excludes halogenated alkanes) is 1. The van der Waals surface area contributed by atoms with E-state index in [1.54, 1.807) is 0 Å². The van der Waals surface area contributed by atoms with E-state index in [0.29, 0.717) is 19.4 Å². The number of nitrogens with one attached hydrogen (secondary N) is 3. The minimum Gasteiger partial charge on any atom is -0.481 e. The first-order chi connectivity index (χ1) is 15.9. The Bertz CT molecular complexity index is 740. The summed E-state index contributed by atoms with van der Waals surface area (Å²) in [6.07, 6.45) is 0.623. The van der Waals surface area contributed by atoms with Crippen molar-refractivity contribution in [3.63, 3.8) is 0 Å². The Balaban J connectivity index is 5.52. The van der Waals surface area contributed by atoms with E-state index in [2.05, 4.69) is 20.9 Å². The maximum absolute atomic E-state index is 12.8. The number of carboxylic acids is 2. The molecule has 0 saturated heterocycles. The van der Waals surface area contributed by atoms with Gasteiger partial charge >= 0.3 is 11.9 Å². The molecule has 0 rings (SSSR count). The maximum Gasteiger partial charge on any atom is 0.326 e. The third kappa shape index (κ3) is 13.2. The molecule has 0 fully saturated rings. The summed E-state index contributed by atoms with van der Waals surface area (Å²) in [5.41, 5.74) is 21.4. The van der Waals surface area contributed by atoms with Crippen LogP contribution in [-0.4, -0.2) is 83.1 Å². The summed E-state index contributed by atoms with van der Waals surface area (Å²) in [6.45, 7) is 1.84. The second kappa shape index (κ2) is 16.2. The summed E-state index contributed by atoms with van der Waals surface area (Å²) >= 11 is 0. The van der Waals surface area contributed by atoms with Crippen molar-refractivity contribution in [2.24, 2.45) is 27.9 Å². The van der Waals surface area contributed by atoms with Crippen molar-refractivity contribution in [3.05, 3.63) is 0 Å². The van der Waals surface area contributed by atoms with Crippen LogP contribution in [0.2, 0.25) is 0 Å². The lowest BCUT2D eigenvalue weighted by Crippen LogP contribution is -2.57. The van der Waals surface area contributed by atoms with Gasteiger partial charge in [-0.15, -0.1) is 0 Å². The Morgan fingerprint density at radius 3 is 1.85 bits per heavy atom. The van der Waals surface area contributed by atoms with Crippen LogP contribution in [0.1, 0.15) is 45.4 Å². The number of rotatable bonds is 17. The van der Waals surface area contributed by atoms with Gasteiger partial charge in [0.1, 0.15) is 18.1 Å². The van der Waals surface area contributed by atoms with Gasteiger partial charge in [-0.1, -0.05) is 0 Å². The van der Waals surface area contributed by atoms with Crippen LogP contribution in [0.4, 0.5) is 0 Å². The van der Waals surface area contributed by atoms with Gasteiger partial charge in [-0.05, 0) is 45.6 Å². The van der Waals surface area contributed by atoms with E-state index < -0.39 is 60.2 Å². The van der Waals surface area contributed by atoms with Crippen LogP contribution in [0.25, 0.3) is 0 Å². The highest BCUT2D eigenvalue weighted by atomic mass is 16.4. The molecule has 0 bridgehead atoms. The Hall–Kier alpha value is -3.46. The Morgan fingerprint density at radius 1 is 0.824 bits per heavy atom. The molecule has 0 spiro atoms. The fourth-order valence-electron chi connectivity index (χ4n) is 2.75. The van der Waals surface area contributed by atoms with Crippen molar-refractivity contribution in [2.75, 3.05) is 13.1 Å². The molecule has 0 aromatic carbocycles. The highest BCUT2D eigenvalue weighted by Crippen LogP contribution is 2.06. The molecule has 13 N–H and O–H groups in total. The third-order valence-corrected chi connectivity index (χ3v) is 4.57. The van der Waals surface area contributed by atoms with Gasteiger partial charge in [0.05, 0.1) is 12.5 Å². The molecular formula is C19H36N8O7. The SMILES string of the molecule is CC(N)C(=O)NC(CC(=O)O)C(=O)NC(CCCN=C(N)N)C(=O)NC(CCCCN)C(=O)O. The number of hydrogen-bond acceptors (Lipinski definition) is 8. The molecule has 0 aromatic heterocycles. The van der Waals surface area contributed by atoms with Gasteiger partial charge in [0, 0.05) is 6.54 Å². The van der Waals surface area contributed by atoms with Crippen LogP contribution in [-0.2, 0) is 24.0 Å². The number of amides is 3. The predicted molar refractivity (Wildman–Crippen MR) is 122 cm³/mol. The van der Waals surface area contributed by atoms with Crippen LogP contribution >= 0.6 is 0 Å². The van der Waals surface area contributed by atoms with Crippen molar-refractivity contribution in [1.82, 2.24) is 16.0 Å². The largest absolute Gasteiger partial charge is 0.481 e. The van der Waals surface area contributed by atoms with Gasteiger partial charge in [0.2, 0.25) is 17.7 Å². The minimum absolute atomic E-state index is 0.00449. The van der Waals surface area contributed by atoms with Crippen LogP contribution in [0.5, 0.6) is 0 Å². The first-order valence-electron chi connectivity index (χ1n) is 10.8. The highest BCUT2D eigenvalue weighted by molar-refractivity contribution is 5.95. The molecule has 15 heteroatoms. The number of nitrogens with zero attached hydrogens (tertiary/aromatic N) is 1. The molecule has 4 atom stereocenters. The van der Waals surface area contributed by atoms with Crippen molar-refractivity contribution < 1.29 is 34.2 Å². The number of aliphatic carboxylic acids is 2. The number of guanidine groups is 1. The van der Waals surface area contributed by atoms with Crippen molar-refractivity contribution in [3.8, 4) is 0 Å². The van der Waals surface area contributed by atoms with E-state index in [9.17, 15) is 29.1 Å². The Morgan fingerprint density at radius 2 is 1.35 bits per heavy atom. The molecule has 194 valence electrons. The number of aliphatic imine (C=N–C) groups is 1. The molecule has 34 heavy (non-hydrogen) atoms. The number of carbonyl (C=O) groups is 5. The van der Waals surface area contributed by atoms with Gasteiger partial charge < -0.3 is 49.1 Å². The molecule has 0 radical (unpaired) electrons. The number of carbonyl (C=O) groups excluding carboxylic acids is 3. The average molecular weight is 489 g/mol. The first-order valence-corrected chi connectivity index (χ1v) is 10.8. The summed E-state index contributed by atoms with van der Waals surface area (Å²) in [5.74, 6) is -5.31. The zero-order valence-electron chi connectivity index (χ0n) is 19.2. The molecule has 0 aliphatic rings. The van der Waals surface area contributed by atoms with E-state index in [4.69, 9.17) is 28.0 Å². The molecule has 0 heterocycles. The van der Waals surface area contributed by atoms with Crippen LogP contribution in [0, 0.1) is 0 Å². The fraction of sp³-hybridized carbons (Fsp3) is 0.684. The maximum atomic E-state index is 12.8. The molecule has 4 unspecified atom stereocenters. The van der Waals surface area contributed by atoms with E-state index in [-0.39, 0.29) is 31.8 Å². The molecule has 3 amide bonds. The molecular weight excluding hydrogens is 452 g/mol. The van der Waals surface area contributed by atoms with Gasteiger partial charge in [0.25, 0.3) is 0 Å². The Labute approximate surface area is 197 Å². The van der Waals surface area contributed by atoms with E-state index in [0.717, 1.165) is 0 Å². The van der Waals surface area contributed by atoms with Gasteiger partial charge in [-0.25, -0.2) is 4.79 Å².